The maximum absolute atomic E-state index is 5.10. The second-order valence-corrected chi connectivity index (χ2v) is 4.75. The highest BCUT2D eigenvalue weighted by atomic mass is 32.1. The molecule has 0 aromatic carbocycles. The second kappa shape index (κ2) is 7.30. The average molecular weight is 279 g/mol. The van der Waals surface area contributed by atoms with Crippen molar-refractivity contribution in [1.29, 1.82) is 0 Å². The molecule has 0 fully saturated rings. The highest BCUT2D eigenvalue weighted by Crippen LogP contribution is 2.21. The summed E-state index contributed by atoms with van der Waals surface area (Å²) < 4.78 is 10.2. The highest BCUT2D eigenvalue weighted by Gasteiger charge is 2.07. The molecule has 0 atom stereocenters. The predicted octanol–water partition coefficient (Wildman–Crippen LogP) is 1.91. The van der Waals surface area contributed by atoms with Gasteiger partial charge in [-0.15, -0.1) is 11.3 Å². The summed E-state index contributed by atoms with van der Waals surface area (Å²) in [5, 5.41) is 6.21. The first-order chi connectivity index (χ1) is 9.33. The number of ether oxygens (including phenoxy) is 2. The standard InChI is InChI=1S/C13H17N3O2S/c1-17-12(18-2)8-14-7-10-9-19-13(16-10)11-5-3-4-6-15-11/h3-6,9,12,14H,7-8H2,1-2H3. The number of rotatable bonds is 7. The van der Waals surface area contributed by atoms with Gasteiger partial charge in [-0.05, 0) is 12.1 Å². The monoisotopic (exact) mass is 279 g/mol. The van der Waals surface area contributed by atoms with Crippen molar-refractivity contribution in [3.8, 4) is 10.7 Å². The second-order valence-electron chi connectivity index (χ2n) is 3.89. The molecule has 6 heteroatoms. The molecule has 2 heterocycles. The number of methoxy groups -OCH3 is 2. The molecular weight excluding hydrogens is 262 g/mol. The summed E-state index contributed by atoms with van der Waals surface area (Å²) >= 11 is 1.60. The van der Waals surface area contributed by atoms with Gasteiger partial charge >= 0.3 is 0 Å². The third-order valence-corrected chi connectivity index (χ3v) is 3.49. The Labute approximate surface area is 116 Å². The molecule has 0 saturated carbocycles. The van der Waals surface area contributed by atoms with Gasteiger partial charge in [0, 0.05) is 38.9 Å². The van der Waals surface area contributed by atoms with Crippen molar-refractivity contribution >= 4 is 11.3 Å². The molecule has 102 valence electrons. The van der Waals surface area contributed by atoms with Crippen LogP contribution < -0.4 is 5.32 Å². The maximum Gasteiger partial charge on any atom is 0.169 e. The van der Waals surface area contributed by atoms with Crippen molar-refractivity contribution < 1.29 is 9.47 Å². The minimum Gasteiger partial charge on any atom is -0.355 e. The van der Waals surface area contributed by atoms with Crippen LogP contribution in [0.2, 0.25) is 0 Å². The quantitative estimate of drug-likeness (QED) is 0.785. The fourth-order valence-electron chi connectivity index (χ4n) is 1.58. The number of pyridine rings is 1. The van der Waals surface area contributed by atoms with Crippen LogP contribution in [0.1, 0.15) is 5.69 Å². The van der Waals surface area contributed by atoms with Crippen LogP contribution >= 0.6 is 11.3 Å². The van der Waals surface area contributed by atoms with E-state index in [0.717, 1.165) is 16.4 Å². The molecule has 0 aliphatic rings. The topological polar surface area (TPSA) is 56.3 Å². The summed E-state index contributed by atoms with van der Waals surface area (Å²) in [6.45, 7) is 1.32. The zero-order valence-electron chi connectivity index (χ0n) is 11.0. The first-order valence-electron chi connectivity index (χ1n) is 5.95. The Morgan fingerprint density at radius 2 is 2.16 bits per heavy atom. The van der Waals surface area contributed by atoms with Crippen LogP contribution in [0.3, 0.4) is 0 Å². The minimum atomic E-state index is -0.228. The largest absolute Gasteiger partial charge is 0.355 e. The highest BCUT2D eigenvalue weighted by molar-refractivity contribution is 7.13. The van der Waals surface area contributed by atoms with Gasteiger partial charge in [0.15, 0.2) is 6.29 Å². The van der Waals surface area contributed by atoms with Crippen LogP contribution in [0.4, 0.5) is 0 Å². The average Bonchev–Trinajstić information content (AvgIpc) is 2.93. The summed E-state index contributed by atoms with van der Waals surface area (Å²) in [5.41, 5.74) is 1.90. The van der Waals surface area contributed by atoms with E-state index < -0.39 is 0 Å². The van der Waals surface area contributed by atoms with Crippen molar-refractivity contribution in [1.82, 2.24) is 15.3 Å². The van der Waals surface area contributed by atoms with Crippen molar-refractivity contribution in [3.05, 3.63) is 35.5 Å². The van der Waals surface area contributed by atoms with Gasteiger partial charge < -0.3 is 14.8 Å². The van der Waals surface area contributed by atoms with Crippen LogP contribution in [-0.2, 0) is 16.0 Å². The van der Waals surface area contributed by atoms with E-state index in [2.05, 4.69) is 15.3 Å². The van der Waals surface area contributed by atoms with Gasteiger partial charge in [0.2, 0.25) is 0 Å². The summed E-state index contributed by atoms with van der Waals surface area (Å²) in [5.74, 6) is 0. The van der Waals surface area contributed by atoms with Crippen LogP contribution in [0, 0.1) is 0 Å². The molecule has 0 saturated heterocycles. The first kappa shape index (κ1) is 14.1. The molecule has 0 radical (unpaired) electrons. The van der Waals surface area contributed by atoms with Gasteiger partial charge in [0.05, 0.1) is 11.4 Å². The maximum atomic E-state index is 5.10. The summed E-state index contributed by atoms with van der Waals surface area (Å²) in [7, 11) is 3.25. The molecule has 1 N–H and O–H groups in total. The summed E-state index contributed by atoms with van der Waals surface area (Å²) in [6.07, 6.45) is 1.55. The molecule has 0 amide bonds. The van der Waals surface area contributed by atoms with E-state index in [1.807, 2.05) is 23.6 Å². The van der Waals surface area contributed by atoms with E-state index in [-0.39, 0.29) is 6.29 Å². The molecule has 0 spiro atoms. The van der Waals surface area contributed by atoms with Gasteiger partial charge in [0.25, 0.3) is 0 Å². The van der Waals surface area contributed by atoms with Crippen molar-refractivity contribution in [2.45, 2.75) is 12.8 Å². The Balaban J connectivity index is 1.88. The fraction of sp³-hybridized carbons (Fsp3) is 0.385. The molecule has 0 unspecified atom stereocenters. The SMILES string of the molecule is COC(CNCc1csc(-c2ccccn2)n1)OC. The summed E-state index contributed by atoms with van der Waals surface area (Å²) in [4.78, 5) is 8.83. The Hall–Kier alpha value is -1.34. The van der Waals surface area contributed by atoms with Crippen LogP contribution in [0.5, 0.6) is 0 Å². The van der Waals surface area contributed by atoms with Gasteiger partial charge in [-0.3, -0.25) is 4.98 Å². The molecule has 19 heavy (non-hydrogen) atoms. The smallest absolute Gasteiger partial charge is 0.169 e. The Morgan fingerprint density at radius 3 is 2.84 bits per heavy atom. The predicted molar refractivity (Wildman–Crippen MR) is 74.9 cm³/mol. The molecule has 2 rings (SSSR count). The number of aromatic nitrogens is 2. The van der Waals surface area contributed by atoms with Crippen molar-refractivity contribution in [2.24, 2.45) is 0 Å². The van der Waals surface area contributed by atoms with Gasteiger partial charge in [-0.2, -0.15) is 0 Å². The van der Waals surface area contributed by atoms with Gasteiger partial charge in [0.1, 0.15) is 5.01 Å². The van der Waals surface area contributed by atoms with E-state index >= 15 is 0 Å². The lowest BCUT2D eigenvalue weighted by molar-refractivity contribution is -0.0989. The van der Waals surface area contributed by atoms with Crippen molar-refractivity contribution in [2.75, 3.05) is 20.8 Å². The molecule has 0 bridgehead atoms. The van der Waals surface area contributed by atoms with Crippen LogP contribution in [-0.4, -0.2) is 37.0 Å². The van der Waals surface area contributed by atoms with E-state index in [9.17, 15) is 0 Å². The summed E-state index contributed by atoms with van der Waals surface area (Å²) in [6, 6.07) is 5.82. The minimum absolute atomic E-state index is 0.228. The Kier molecular flexibility index (Phi) is 5.41. The Bertz CT molecular complexity index is 486. The van der Waals surface area contributed by atoms with Crippen LogP contribution in [0.15, 0.2) is 29.8 Å². The van der Waals surface area contributed by atoms with E-state index in [4.69, 9.17) is 9.47 Å². The van der Waals surface area contributed by atoms with Crippen LogP contribution in [0.25, 0.3) is 10.7 Å². The zero-order chi connectivity index (χ0) is 13.5. The third-order valence-electron chi connectivity index (χ3n) is 2.58. The van der Waals surface area contributed by atoms with E-state index in [1.54, 1.807) is 31.8 Å². The van der Waals surface area contributed by atoms with E-state index in [1.165, 1.54) is 0 Å². The first-order valence-corrected chi connectivity index (χ1v) is 6.83. The van der Waals surface area contributed by atoms with Gasteiger partial charge in [-0.25, -0.2) is 4.98 Å². The third kappa shape index (κ3) is 4.07. The molecule has 0 aliphatic carbocycles. The Morgan fingerprint density at radius 1 is 1.32 bits per heavy atom. The molecule has 2 aromatic rings. The lowest BCUT2D eigenvalue weighted by atomic mass is 10.3. The molecule has 2 aromatic heterocycles. The van der Waals surface area contributed by atoms with Crippen molar-refractivity contribution in [3.63, 3.8) is 0 Å². The van der Waals surface area contributed by atoms with E-state index in [0.29, 0.717) is 13.1 Å². The number of hydrogen-bond donors (Lipinski definition) is 1. The zero-order valence-corrected chi connectivity index (χ0v) is 11.8. The number of nitrogens with one attached hydrogen (secondary N) is 1. The normalized spacial score (nSPS) is 11.1. The molecule has 0 aliphatic heterocycles. The number of hydrogen-bond acceptors (Lipinski definition) is 6. The fourth-order valence-corrected chi connectivity index (χ4v) is 2.37. The lowest BCUT2D eigenvalue weighted by Gasteiger charge is -2.13. The number of nitrogens with zero attached hydrogens (tertiary/aromatic N) is 2. The number of thiazole rings is 1. The molecule has 5 nitrogen and oxygen atoms in total. The lowest BCUT2D eigenvalue weighted by Crippen LogP contribution is -2.29. The van der Waals surface area contributed by atoms with Gasteiger partial charge in [-0.1, -0.05) is 6.07 Å². The molecular formula is C13H17N3O2S.